The molecule has 0 spiro atoms. The van der Waals surface area contributed by atoms with Gasteiger partial charge in [-0.1, -0.05) is 17.7 Å². The number of piperazine rings is 1. The molecule has 0 radical (unpaired) electrons. The summed E-state index contributed by atoms with van der Waals surface area (Å²) in [5.74, 6) is 0.0164. The van der Waals surface area contributed by atoms with Crippen LogP contribution in [0.5, 0.6) is 0 Å². The van der Waals surface area contributed by atoms with Gasteiger partial charge in [0.1, 0.15) is 6.61 Å². The largest absolute Gasteiger partial charge is 0.375 e. The molecule has 0 aromatic heterocycles. The Bertz CT molecular complexity index is 494. The maximum Gasteiger partial charge on any atom is 0.253 e. The standard InChI is InChI=1S/C15H20N2O3/c1-12-4-3-5-13(10-12)15(19)17-8-6-16(7-9-17)14(18)11-20-2/h3-5,10H,6-9,11H2,1-2H3. The molecule has 5 nitrogen and oxygen atoms in total. The second-order valence-electron chi connectivity index (χ2n) is 4.98. The number of methoxy groups -OCH3 is 1. The Kier molecular flexibility index (Phi) is 4.74. The van der Waals surface area contributed by atoms with Gasteiger partial charge in [0.15, 0.2) is 0 Å². The molecule has 1 saturated heterocycles. The van der Waals surface area contributed by atoms with Gasteiger partial charge in [-0.15, -0.1) is 0 Å². The van der Waals surface area contributed by atoms with Crippen LogP contribution in [0.2, 0.25) is 0 Å². The Labute approximate surface area is 119 Å². The molecule has 0 saturated carbocycles. The highest BCUT2D eigenvalue weighted by Gasteiger charge is 2.24. The van der Waals surface area contributed by atoms with Crippen molar-refractivity contribution in [3.63, 3.8) is 0 Å². The van der Waals surface area contributed by atoms with Crippen LogP contribution in [0.15, 0.2) is 24.3 Å². The third kappa shape index (κ3) is 3.36. The predicted molar refractivity (Wildman–Crippen MR) is 75.5 cm³/mol. The smallest absolute Gasteiger partial charge is 0.253 e. The van der Waals surface area contributed by atoms with Crippen molar-refractivity contribution in [2.45, 2.75) is 6.92 Å². The highest BCUT2D eigenvalue weighted by atomic mass is 16.5. The molecule has 0 bridgehead atoms. The molecule has 2 amide bonds. The summed E-state index contributed by atoms with van der Waals surface area (Å²) in [7, 11) is 1.51. The summed E-state index contributed by atoms with van der Waals surface area (Å²) in [6.45, 7) is 4.36. The summed E-state index contributed by atoms with van der Waals surface area (Å²) in [4.78, 5) is 27.6. The number of nitrogens with zero attached hydrogens (tertiary/aromatic N) is 2. The van der Waals surface area contributed by atoms with Crippen molar-refractivity contribution in [2.24, 2.45) is 0 Å². The third-order valence-electron chi connectivity index (χ3n) is 3.45. The van der Waals surface area contributed by atoms with Gasteiger partial charge in [0.2, 0.25) is 5.91 Å². The van der Waals surface area contributed by atoms with Crippen LogP contribution in [0.3, 0.4) is 0 Å². The fraction of sp³-hybridized carbons (Fsp3) is 0.467. The van der Waals surface area contributed by atoms with Gasteiger partial charge in [0, 0.05) is 38.9 Å². The minimum absolute atomic E-state index is 0.0184. The zero-order valence-corrected chi connectivity index (χ0v) is 12.0. The van der Waals surface area contributed by atoms with E-state index >= 15 is 0 Å². The first kappa shape index (κ1) is 14.5. The third-order valence-corrected chi connectivity index (χ3v) is 3.45. The predicted octanol–water partition coefficient (Wildman–Crippen LogP) is 0.926. The molecule has 1 aliphatic heterocycles. The first-order valence-corrected chi connectivity index (χ1v) is 6.74. The van der Waals surface area contributed by atoms with Gasteiger partial charge >= 0.3 is 0 Å². The van der Waals surface area contributed by atoms with Crippen molar-refractivity contribution in [3.8, 4) is 0 Å². The summed E-state index contributed by atoms with van der Waals surface area (Å²) in [6, 6.07) is 7.58. The lowest BCUT2D eigenvalue weighted by atomic mass is 10.1. The van der Waals surface area contributed by atoms with E-state index in [9.17, 15) is 9.59 Å². The SMILES string of the molecule is COCC(=O)N1CCN(C(=O)c2cccc(C)c2)CC1. The second kappa shape index (κ2) is 6.52. The van der Waals surface area contributed by atoms with Crippen molar-refractivity contribution in [2.75, 3.05) is 39.9 Å². The Hall–Kier alpha value is -1.88. The lowest BCUT2D eigenvalue weighted by molar-refractivity contribution is -0.136. The Balaban J connectivity index is 1.93. The van der Waals surface area contributed by atoms with Crippen LogP contribution >= 0.6 is 0 Å². The van der Waals surface area contributed by atoms with E-state index < -0.39 is 0 Å². The molecule has 20 heavy (non-hydrogen) atoms. The fourth-order valence-corrected chi connectivity index (χ4v) is 2.33. The first-order valence-electron chi connectivity index (χ1n) is 6.74. The van der Waals surface area contributed by atoms with Crippen molar-refractivity contribution >= 4 is 11.8 Å². The first-order chi connectivity index (χ1) is 9.61. The van der Waals surface area contributed by atoms with Gasteiger partial charge in [0.25, 0.3) is 5.91 Å². The van der Waals surface area contributed by atoms with Crippen molar-refractivity contribution < 1.29 is 14.3 Å². The van der Waals surface area contributed by atoms with E-state index in [0.29, 0.717) is 31.7 Å². The molecule has 108 valence electrons. The Morgan fingerprint density at radius 1 is 1.15 bits per heavy atom. The quantitative estimate of drug-likeness (QED) is 0.825. The van der Waals surface area contributed by atoms with E-state index in [1.54, 1.807) is 9.80 Å². The monoisotopic (exact) mass is 276 g/mol. The molecule has 1 aromatic carbocycles. The topological polar surface area (TPSA) is 49.9 Å². The highest BCUT2D eigenvalue weighted by molar-refractivity contribution is 5.94. The maximum absolute atomic E-state index is 12.4. The zero-order chi connectivity index (χ0) is 14.5. The van der Waals surface area contributed by atoms with E-state index in [1.807, 2.05) is 31.2 Å². The molecular weight excluding hydrogens is 256 g/mol. The van der Waals surface area contributed by atoms with Gasteiger partial charge in [0.05, 0.1) is 0 Å². The number of hydrogen-bond acceptors (Lipinski definition) is 3. The van der Waals surface area contributed by atoms with Crippen molar-refractivity contribution in [1.82, 2.24) is 9.80 Å². The maximum atomic E-state index is 12.4. The molecule has 2 rings (SSSR count). The summed E-state index contributed by atoms with van der Waals surface area (Å²) in [5.41, 5.74) is 1.78. The van der Waals surface area contributed by atoms with Crippen LogP contribution in [0.1, 0.15) is 15.9 Å². The van der Waals surface area contributed by atoms with Gasteiger partial charge < -0.3 is 14.5 Å². The number of ether oxygens (including phenoxy) is 1. The van der Waals surface area contributed by atoms with Gasteiger partial charge in [-0.3, -0.25) is 9.59 Å². The van der Waals surface area contributed by atoms with Gasteiger partial charge in [-0.05, 0) is 19.1 Å². The Morgan fingerprint density at radius 2 is 1.80 bits per heavy atom. The molecule has 0 aliphatic carbocycles. The lowest BCUT2D eigenvalue weighted by Crippen LogP contribution is -2.51. The normalized spacial score (nSPS) is 15.3. The zero-order valence-electron chi connectivity index (χ0n) is 12.0. The molecule has 1 aromatic rings. The molecule has 1 aliphatic rings. The number of carbonyl (C=O) groups is 2. The minimum atomic E-state index is -0.0184. The van der Waals surface area contributed by atoms with Crippen LogP contribution in [-0.2, 0) is 9.53 Å². The van der Waals surface area contributed by atoms with Crippen LogP contribution in [0.25, 0.3) is 0 Å². The van der Waals surface area contributed by atoms with Crippen molar-refractivity contribution in [1.29, 1.82) is 0 Å². The van der Waals surface area contributed by atoms with E-state index in [0.717, 1.165) is 5.56 Å². The molecule has 0 unspecified atom stereocenters. The molecular formula is C15H20N2O3. The molecule has 0 N–H and O–H groups in total. The van der Waals surface area contributed by atoms with E-state index in [-0.39, 0.29) is 18.4 Å². The lowest BCUT2D eigenvalue weighted by Gasteiger charge is -2.34. The minimum Gasteiger partial charge on any atom is -0.375 e. The van der Waals surface area contributed by atoms with Gasteiger partial charge in [-0.2, -0.15) is 0 Å². The van der Waals surface area contributed by atoms with Crippen LogP contribution in [-0.4, -0.2) is 61.5 Å². The average Bonchev–Trinajstić information content (AvgIpc) is 2.47. The average molecular weight is 276 g/mol. The number of hydrogen-bond donors (Lipinski definition) is 0. The van der Waals surface area contributed by atoms with Gasteiger partial charge in [-0.25, -0.2) is 0 Å². The van der Waals surface area contributed by atoms with Crippen LogP contribution in [0, 0.1) is 6.92 Å². The van der Waals surface area contributed by atoms with E-state index in [2.05, 4.69) is 0 Å². The highest BCUT2D eigenvalue weighted by Crippen LogP contribution is 2.10. The van der Waals surface area contributed by atoms with E-state index in [1.165, 1.54) is 7.11 Å². The number of benzene rings is 1. The summed E-state index contributed by atoms with van der Waals surface area (Å²) in [6.07, 6.45) is 0. The Morgan fingerprint density at radius 3 is 2.40 bits per heavy atom. The fourth-order valence-electron chi connectivity index (χ4n) is 2.33. The number of aryl methyl sites for hydroxylation is 1. The van der Waals surface area contributed by atoms with Crippen LogP contribution in [0.4, 0.5) is 0 Å². The molecule has 1 heterocycles. The summed E-state index contributed by atoms with van der Waals surface area (Å²) >= 11 is 0. The molecule has 5 heteroatoms. The number of carbonyl (C=O) groups excluding carboxylic acids is 2. The molecule has 1 fully saturated rings. The number of amides is 2. The van der Waals surface area contributed by atoms with E-state index in [4.69, 9.17) is 4.74 Å². The number of rotatable bonds is 3. The van der Waals surface area contributed by atoms with Crippen molar-refractivity contribution in [3.05, 3.63) is 35.4 Å². The van der Waals surface area contributed by atoms with Crippen LogP contribution < -0.4 is 0 Å². The molecule has 0 atom stereocenters. The second-order valence-corrected chi connectivity index (χ2v) is 4.98. The summed E-state index contributed by atoms with van der Waals surface area (Å²) < 4.78 is 4.84. The summed E-state index contributed by atoms with van der Waals surface area (Å²) in [5, 5.41) is 0.